The van der Waals surface area contributed by atoms with Crippen molar-refractivity contribution in [2.24, 2.45) is 7.05 Å². The highest BCUT2D eigenvalue weighted by atomic mass is 35.5. The Kier molecular flexibility index (Phi) is 5.60. The van der Waals surface area contributed by atoms with Gasteiger partial charge in [0, 0.05) is 7.05 Å². The van der Waals surface area contributed by atoms with Crippen LogP contribution in [-0.4, -0.2) is 20.8 Å². The molecule has 0 atom stereocenters. The molecule has 4 aromatic rings. The molecular weight excluding hydrogens is 502 g/mol. The Morgan fingerprint density at radius 3 is 2.45 bits per heavy atom. The molecule has 162 valence electrons. The number of hydrogen-bond acceptors (Lipinski definition) is 7. The zero-order chi connectivity index (χ0) is 22.4. The fourth-order valence-electron chi connectivity index (χ4n) is 2.86. The van der Waals surface area contributed by atoms with E-state index >= 15 is 0 Å². The van der Waals surface area contributed by atoms with E-state index in [0.717, 1.165) is 22.9 Å². The van der Waals surface area contributed by atoms with E-state index in [1.54, 1.807) is 22.5 Å². The van der Waals surface area contributed by atoms with E-state index < -0.39 is 20.0 Å². The van der Waals surface area contributed by atoms with Gasteiger partial charge in [-0.2, -0.15) is 0 Å². The Morgan fingerprint density at radius 2 is 1.74 bits per heavy atom. The summed E-state index contributed by atoms with van der Waals surface area (Å²) in [4.78, 5) is 11.9. The van der Waals surface area contributed by atoms with Gasteiger partial charge in [0.2, 0.25) is 0 Å². The summed E-state index contributed by atoms with van der Waals surface area (Å²) in [6.07, 6.45) is 0. The van der Waals surface area contributed by atoms with Crippen molar-refractivity contribution in [2.45, 2.75) is 9.10 Å². The molecule has 0 bridgehead atoms. The fourth-order valence-corrected chi connectivity index (χ4v) is 7.10. The summed E-state index contributed by atoms with van der Waals surface area (Å²) in [5.74, 6) is 0. The van der Waals surface area contributed by atoms with E-state index in [2.05, 4.69) is 9.44 Å². The molecule has 0 aliphatic heterocycles. The maximum absolute atomic E-state index is 13.0. The monoisotopic (exact) mass is 515 g/mol. The molecule has 0 fully saturated rings. The second-order valence-corrected chi connectivity index (χ2v) is 12.4. The van der Waals surface area contributed by atoms with E-state index in [0.29, 0.717) is 5.52 Å². The molecule has 13 heteroatoms. The molecule has 8 nitrogen and oxygen atoms in total. The van der Waals surface area contributed by atoms with Crippen LogP contribution in [0.3, 0.4) is 0 Å². The molecule has 0 amide bonds. The first-order valence-corrected chi connectivity index (χ1v) is 13.6. The lowest BCUT2D eigenvalue weighted by molar-refractivity contribution is 0.599. The Hall–Kier alpha value is -2.38. The third-order valence-corrected chi connectivity index (χ3v) is 9.59. The Bertz CT molecular complexity index is 1560. The van der Waals surface area contributed by atoms with Crippen LogP contribution >= 0.6 is 34.5 Å². The molecule has 2 aromatic carbocycles. The number of aryl methyl sites for hydroxylation is 1. The fraction of sp³-hybridized carbons (Fsp3) is 0.0556. The van der Waals surface area contributed by atoms with Crippen molar-refractivity contribution >= 4 is 76.8 Å². The van der Waals surface area contributed by atoms with Gasteiger partial charge in [-0.3, -0.25) is 18.2 Å². The quantitative estimate of drug-likeness (QED) is 0.404. The summed E-state index contributed by atoms with van der Waals surface area (Å²) in [6.45, 7) is 0. The molecule has 2 aromatic heterocycles. The van der Waals surface area contributed by atoms with Crippen LogP contribution in [0.25, 0.3) is 10.9 Å². The van der Waals surface area contributed by atoms with Gasteiger partial charge in [-0.05, 0) is 53.3 Å². The molecule has 4 rings (SSSR count). The van der Waals surface area contributed by atoms with Gasteiger partial charge in [-0.15, -0.1) is 11.3 Å². The minimum Gasteiger partial charge on any atom is -0.297 e. The van der Waals surface area contributed by atoms with Crippen LogP contribution < -0.4 is 14.2 Å². The van der Waals surface area contributed by atoms with Crippen LogP contribution in [0.15, 0.2) is 67.8 Å². The summed E-state index contributed by atoms with van der Waals surface area (Å²) in [6, 6.07) is 11.5. The van der Waals surface area contributed by atoms with Crippen LogP contribution in [0.4, 0.5) is 11.4 Å². The Balaban J connectivity index is 1.74. The Morgan fingerprint density at radius 1 is 0.968 bits per heavy atom. The van der Waals surface area contributed by atoms with Crippen molar-refractivity contribution in [3.05, 3.63) is 68.5 Å². The first-order valence-electron chi connectivity index (χ1n) is 8.56. The summed E-state index contributed by atoms with van der Waals surface area (Å²) >= 11 is 8.18. The highest BCUT2D eigenvalue weighted by molar-refractivity contribution is 7.94. The Labute approximate surface area is 191 Å². The average Bonchev–Trinajstić information content (AvgIpc) is 3.34. The van der Waals surface area contributed by atoms with E-state index in [1.165, 1.54) is 42.5 Å². The number of aromatic nitrogens is 1. The molecule has 0 spiro atoms. The maximum atomic E-state index is 13.0. The third kappa shape index (κ3) is 4.21. The largest absolute Gasteiger partial charge is 0.297 e. The summed E-state index contributed by atoms with van der Waals surface area (Å²) in [5.41, 5.74) is 0.454. The van der Waals surface area contributed by atoms with E-state index in [4.69, 9.17) is 11.6 Å². The number of nitrogens with zero attached hydrogens (tertiary/aromatic N) is 1. The molecule has 31 heavy (non-hydrogen) atoms. The van der Waals surface area contributed by atoms with Crippen LogP contribution in [0, 0.1) is 0 Å². The number of hydrogen-bond donors (Lipinski definition) is 2. The van der Waals surface area contributed by atoms with Gasteiger partial charge in [-0.25, -0.2) is 16.8 Å². The topological polar surface area (TPSA) is 114 Å². The number of para-hydroxylation sites is 1. The zero-order valence-corrected chi connectivity index (χ0v) is 19.7. The molecule has 2 N–H and O–H groups in total. The van der Waals surface area contributed by atoms with Crippen LogP contribution in [0.5, 0.6) is 0 Å². The van der Waals surface area contributed by atoms with Crippen LogP contribution in [0.1, 0.15) is 0 Å². The molecule has 0 aliphatic carbocycles. The second kappa shape index (κ2) is 7.95. The normalized spacial score (nSPS) is 12.2. The van der Waals surface area contributed by atoms with Crippen LogP contribution in [0.2, 0.25) is 5.02 Å². The third-order valence-electron chi connectivity index (χ3n) is 4.31. The lowest BCUT2D eigenvalue weighted by atomic mass is 10.2. The number of rotatable bonds is 6. The second-order valence-electron chi connectivity index (χ2n) is 6.36. The smallest absolute Gasteiger partial charge is 0.271 e. The summed E-state index contributed by atoms with van der Waals surface area (Å²) in [5, 5.41) is 1.89. The van der Waals surface area contributed by atoms with Crippen molar-refractivity contribution < 1.29 is 16.8 Å². The molecular formula is C18H14ClN3O5S4. The highest BCUT2D eigenvalue weighted by Crippen LogP contribution is 2.34. The standard InChI is InChI=1S/C18H14ClN3O5S4/c1-22-15-8-7-11(10-12(15)18(23)29-22)30(24,25)21-17-13(19)4-2-5-14(17)20-31(26,27)16-6-3-9-28-16/h2-10,20-21H,1H3. The predicted molar refractivity (Wildman–Crippen MR) is 124 cm³/mol. The number of anilines is 2. The van der Waals surface area contributed by atoms with Crippen molar-refractivity contribution in [3.8, 4) is 0 Å². The van der Waals surface area contributed by atoms with Crippen molar-refractivity contribution in [1.29, 1.82) is 0 Å². The maximum Gasteiger partial charge on any atom is 0.271 e. The number of nitrogens with one attached hydrogen (secondary N) is 2. The van der Waals surface area contributed by atoms with Gasteiger partial charge < -0.3 is 0 Å². The summed E-state index contributed by atoms with van der Waals surface area (Å²) in [7, 11) is -6.40. The summed E-state index contributed by atoms with van der Waals surface area (Å²) < 4.78 is 57.4. The molecule has 2 heterocycles. The van der Waals surface area contributed by atoms with Crippen LogP contribution in [-0.2, 0) is 27.1 Å². The first-order chi connectivity index (χ1) is 14.6. The van der Waals surface area contributed by atoms with E-state index in [9.17, 15) is 21.6 Å². The van der Waals surface area contributed by atoms with Crippen molar-refractivity contribution in [3.63, 3.8) is 0 Å². The SMILES string of the molecule is Cn1sc(=O)c2cc(S(=O)(=O)Nc3c(Cl)cccc3NS(=O)(=O)c3cccs3)ccc21. The lowest BCUT2D eigenvalue weighted by Gasteiger charge is -2.15. The van der Waals surface area contributed by atoms with Gasteiger partial charge in [0.05, 0.1) is 32.2 Å². The first kappa shape index (κ1) is 21.8. The number of thiophene rings is 1. The molecule has 0 saturated carbocycles. The zero-order valence-electron chi connectivity index (χ0n) is 15.7. The molecule has 0 radical (unpaired) electrons. The highest BCUT2D eigenvalue weighted by Gasteiger charge is 2.23. The van der Waals surface area contributed by atoms with Gasteiger partial charge >= 0.3 is 0 Å². The lowest BCUT2D eigenvalue weighted by Crippen LogP contribution is -2.17. The van der Waals surface area contributed by atoms with Gasteiger partial charge in [0.25, 0.3) is 24.8 Å². The number of halogens is 1. The minimum absolute atomic E-state index is 0.00230. The molecule has 0 aliphatic rings. The van der Waals surface area contributed by atoms with Crippen molar-refractivity contribution in [2.75, 3.05) is 9.44 Å². The minimum atomic E-state index is -4.18. The average molecular weight is 516 g/mol. The van der Waals surface area contributed by atoms with Gasteiger partial charge in [0.1, 0.15) is 4.21 Å². The van der Waals surface area contributed by atoms with E-state index in [-0.39, 0.29) is 35.6 Å². The number of benzene rings is 2. The number of fused-ring (bicyclic) bond motifs is 1. The number of sulfonamides is 2. The van der Waals surface area contributed by atoms with Gasteiger partial charge in [-0.1, -0.05) is 23.7 Å². The van der Waals surface area contributed by atoms with Crippen molar-refractivity contribution in [1.82, 2.24) is 3.96 Å². The van der Waals surface area contributed by atoms with Gasteiger partial charge in [0.15, 0.2) is 0 Å². The molecule has 0 saturated heterocycles. The van der Waals surface area contributed by atoms with E-state index in [1.807, 2.05) is 0 Å². The molecule has 0 unspecified atom stereocenters. The predicted octanol–water partition coefficient (Wildman–Crippen LogP) is 3.92.